The Hall–Kier alpha value is -0.890. The largest absolute Gasteiger partial charge is 0.388 e. The predicted molar refractivity (Wildman–Crippen MR) is 90.0 cm³/mol. The highest BCUT2D eigenvalue weighted by molar-refractivity contribution is 5.39. The number of pyridine rings is 1. The van der Waals surface area contributed by atoms with Gasteiger partial charge in [-0.15, -0.1) is 0 Å². The first-order valence-electron chi connectivity index (χ1n) is 9.01. The molecule has 0 bridgehead atoms. The van der Waals surface area contributed by atoms with Gasteiger partial charge in [-0.05, 0) is 48.5 Å². The van der Waals surface area contributed by atoms with Crippen molar-refractivity contribution in [2.75, 3.05) is 0 Å². The highest BCUT2D eigenvalue weighted by Gasteiger charge is 2.36. The molecule has 1 aromatic rings. The number of aliphatic hydroxyl groups excluding tert-OH is 1. The number of hydrogen-bond acceptors (Lipinski definition) is 2. The van der Waals surface area contributed by atoms with Gasteiger partial charge in [0, 0.05) is 17.3 Å². The van der Waals surface area contributed by atoms with Crippen molar-refractivity contribution in [3.8, 4) is 0 Å². The molecule has 0 unspecified atom stereocenters. The van der Waals surface area contributed by atoms with Gasteiger partial charge in [-0.3, -0.25) is 4.98 Å². The molecule has 3 rings (SSSR count). The third-order valence-corrected chi connectivity index (χ3v) is 5.40. The minimum Gasteiger partial charge on any atom is -0.388 e. The Kier molecular flexibility index (Phi) is 4.33. The van der Waals surface area contributed by atoms with E-state index in [2.05, 4.69) is 33.8 Å². The number of aliphatic hydroxyl groups is 1. The van der Waals surface area contributed by atoms with E-state index in [0.29, 0.717) is 11.8 Å². The van der Waals surface area contributed by atoms with Crippen molar-refractivity contribution >= 4 is 0 Å². The Bertz CT molecular complexity index is 541. The second-order valence-corrected chi connectivity index (χ2v) is 8.45. The van der Waals surface area contributed by atoms with Crippen molar-refractivity contribution in [2.24, 2.45) is 5.41 Å². The van der Waals surface area contributed by atoms with E-state index in [1.807, 2.05) is 0 Å². The number of rotatable bonds is 2. The maximum Gasteiger partial charge on any atom is 0.0815 e. The summed E-state index contributed by atoms with van der Waals surface area (Å²) in [5.74, 6) is 0.980. The molecule has 22 heavy (non-hydrogen) atoms. The van der Waals surface area contributed by atoms with E-state index in [1.165, 1.54) is 37.7 Å². The number of aromatic nitrogens is 1. The van der Waals surface area contributed by atoms with Crippen LogP contribution in [0.3, 0.4) is 0 Å². The minimum absolute atomic E-state index is 0.138. The highest BCUT2D eigenvalue weighted by Crippen LogP contribution is 2.45. The van der Waals surface area contributed by atoms with Gasteiger partial charge in [-0.1, -0.05) is 47.0 Å². The summed E-state index contributed by atoms with van der Waals surface area (Å²) in [6.07, 6.45) is 7.95. The predicted octanol–water partition coefficient (Wildman–Crippen LogP) is 5.06. The molecule has 121 valence electrons. The average molecular weight is 300 g/mol. The average Bonchev–Trinajstić information content (AvgIpc) is 2.45. The fraction of sp³-hybridized carbons (Fsp3) is 0.750. The van der Waals surface area contributed by atoms with Crippen molar-refractivity contribution in [3.63, 3.8) is 0 Å². The van der Waals surface area contributed by atoms with Crippen LogP contribution in [0, 0.1) is 11.5 Å². The smallest absolute Gasteiger partial charge is 0.0815 e. The summed E-state index contributed by atoms with van der Waals surface area (Å²) in [7, 11) is 0. The lowest BCUT2D eigenvalue weighted by atomic mass is 9.71. The first kappa shape index (κ1) is 16.0. The maximum absolute atomic E-state index is 10.8. The summed E-state index contributed by atoms with van der Waals surface area (Å²) >= 11 is 0. The first-order chi connectivity index (χ1) is 10.4. The number of hydrogen-bond donors (Lipinski definition) is 1. The van der Waals surface area contributed by atoms with E-state index in [0.717, 1.165) is 29.8 Å². The van der Waals surface area contributed by atoms with Crippen molar-refractivity contribution in [1.82, 2.24) is 4.98 Å². The van der Waals surface area contributed by atoms with Gasteiger partial charge in [0.15, 0.2) is 0 Å². The van der Waals surface area contributed by atoms with Crippen LogP contribution in [0.1, 0.15) is 107 Å². The van der Waals surface area contributed by atoms with Gasteiger partial charge >= 0.3 is 0 Å². The molecule has 2 aliphatic carbocycles. The van der Waals surface area contributed by atoms with E-state index in [1.54, 1.807) is 0 Å². The molecular weight excluding hydrogens is 270 g/mol. The molecule has 1 N–H and O–H groups in total. The van der Waals surface area contributed by atoms with Crippen LogP contribution in [-0.4, -0.2) is 10.1 Å². The summed E-state index contributed by atoms with van der Waals surface area (Å²) in [5, 5.41) is 10.8. The van der Waals surface area contributed by atoms with Crippen molar-refractivity contribution < 1.29 is 5.11 Å². The topological polar surface area (TPSA) is 33.1 Å². The summed E-state index contributed by atoms with van der Waals surface area (Å²) in [6, 6.07) is 3.63. The van der Waals surface area contributed by atoms with Crippen LogP contribution in [-0.2, 0) is 6.42 Å². The molecule has 2 heteroatoms. The van der Waals surface area contributed by atoms with Crippen LogP contribution in [0.2, 0.25) is 0 Å². The molecule has 1 saturated carbocycles. The summed E-state index contributed by atoms with van der Waals surface area (Å²) in [6.45, 7) is 8.88. The molecule has 1 radical (unpaired) electrons. The SMILES string of the molecule is CC(C)c1[c]c(C2CCCCC2)c2c(n1)CC(C)(C)C[C@@H]2O. The van der Waals surface area contributed by atoms with Gasteiger partial charge in [-0.25, -0.2) is 0 Å². The third-order valence-electron chi connectivity index (χ3n) is 5.40. The summed E-state index contributed by atoms with van der Waals surface area (Å²) in [4.78, 5) is 4.90. The van der Waals surface area contributed by atoms with Crippen molar-refractivity contribution in [3.05, 3.63) is 28.6 Å². The van der Waals surface area contributed by atoms with Gasteiger partial charge < -0.3 is 5.11 Å². The third kappa shape index (κ3) is 3.08. The zero-order chi connectivity index (χ0) is 15.9. The molecule has 1 heterocycles. The highest BCUT2D eigenvalue weighted by atomic mass is 16.3. The Morgan fingerprint density at radius 2 is 1.86 bits per heavy atom. The first-order valence-corrected chi connectivity index (χ1v) is 9.01. The maximum atomic E-state index is 10.8. The molecule has 0 spiro atoms. The fourth-order valence-corrected chi connectivity index (χ4v) is 4.24. The van der Waals surface area contributed by atoms with Crippen molar-refractivity contribution in [2.45, 2.75) is 90.6 Å². The van der Waals surface area contributed by atoms with Crippen LogP contribution in [0.25, 0.3) is 0 Å². The summed E-state index contributed by atoms with van der Waals surface area (Å²) < 4.78 is 0. The van der Waals surface area contributed by atoms with Crippen LogP contribution >= 0.6 is 0 Å². The lowest BCUT2D eigenvalue weighted by Gasteiger charge is -2.37. The molecule has 0 amide bonds. The molecule has 0 saturated heterocycles. The Labute approximate surface area is 135 Å². The lowest BCUT2D eigenvalue weighted by molar-refractivity contribution is 0.0963. The zero-order valence-electron chi connectivity index (χ0n) is 14.6. The van der Waals surface area contributed by atoms with Crippen LogP contribution in [0.5, 0.6) is 0 Å². The molecular formula is C20H30NO. The van der Waals surface area contributed by atoms with E-state index in [9.17, 15) is 5.11 Å². The quantitative estimate of drug-likeness (QED) is 0.828. The van der Waals surface area contributed by atoms with Crippen LogP contribution in [0.4, 0.5) is 0 Å². The van der Waals surface area contributed by atoms with E-state index in [4.69, 9.17) is 4.98 Å². The normalized spacial score (nSPS) is 25.3. The van der Waals surface area contributed by atoms with E-state index < -0.39 is 0 Å². The lowest BCUT2D eigenvalue weighted by Crippen LogP contribution is -2.29. The van der Waals surface area contributed by atoms with Gasteiger partial charge in [0.05, 0.1) is 11.8 Å². The van der Waals surface area contributed by atoms with Gasteiger partial charge in [0.25, 0.3) is 0 Å². The van der Waals surface area contributed by atoms with Crippen LogP contribution in [0.15, 0.2) is 0 Å². The Morgan fingerprint density at radius 1 is 1.18 bits per heavy atom. The Balaban J connectivity index is 2.09. The molecule has 1 aromatic heterocycles. The van der Waals surface area contributed by atoms with E-state index >= 15 is 0 Å². The zero-order valence-corrected chi connectivity index (χ0v) is 14.6. The monoisotopic (exact) mass is 300 g/mol. The molecule has 2 nitrogen and oxygen atoms in total. The molecule has 1 atom stereocenters. The molecule has 0 aromatic carbocycles. The van der Waals surface area contributed by atoms with Gasteiger partial charge in [0.1, 0.15) is 0 Å². The summed E-state index contributed by atoms with van der Waals surface area (Å²) in [5.41, 5.74) is 4.81. The Morgan fingerprint density at radius 3 is 2.50 bits per heavy atom. The number of fused-ring (bicyclic) bond motifs is 1. The second kappa shape index (κ2) is 5.96. The standard InChI is InChI=1S/C20H30NO/c1-13(2)16-10-15(14-8-6-5-7-9-14)19-17(21-16)11-20(3,4)12-18(19)22/h13-14,18,22H,5-9,11-12H2,1-4H3/t18-/m0/s1. The van der Waals surface area contributed by atoms with Crippen LogP contribution < -0.4 is 0 Å². The van der Waals surface area contributed by atoms with Gasteiger partial charge in [-0.2, -0.15) is 0 Å². The molecule has 0 aliphatic heterocycles. The van der Waals surface area contributed by atoms with Gasteiger partial charge in [0.2, 0.25) is 0 Å². The fourth-order valence-electron chi connectivity index (χ4n) is 4.24. The van der Waals surface area contributed by atoms with E-state index in [-0.39, 0.29) is 11.5 Å². The molecule has 1 fully saturated rings. The second-order valence-electron chi connectivity index (χ2n) is 8.45. The molecule has 2 aliphatic rings. The van der Waals surface area contributed by atoms with Crippen molar-refractivity contribution in [1.29, 1.82) is 0 Å². The number of nitrogens with zero attached hydrogens (tertiary/aromatic N) is 1. The minimum atomic E-state index is -0.361.